The third kappa shape index (κ3) is 4.08. The SMILES string of the molecule is COc1cccc([P-]c2cccc(OC)c2OC)c1OC.[Na+]. The zero-order chi connectivity index (χ0) is 15.2. The van der Waals surface area contributed by atoms with Gasteiger partial charge in [-0.05, 0) is 12.1 Å². The number of hydrogen-bond acceptors (Lipinski definition) is 4. The van der Waals surface area contributed by atoms with Crippen LogP contribution in [0.2, 0.25) is 0 Å². The summed E-state index contributed by atoms with van der Waals surface area (Å²) in [6.45, 7) is 0. The van der Waals surface area contributed by atoms with Gasteiger partial charge in [-0.25, -0.2) is 0 Å². The molecule has 2 rings (SSSR count). The summed E-state index contributed by atoms with van der Waals surface area (Å²) in [5.41, 5.74) is 0. The van der Waals surface area contributed by atoms with E-state index in [0.29, 0.717) is 11.5 Å². The minimum Gasteiger partial charge on any atom is -0.495 e. The Balaban J connectivity index is 0.00000242. The van der Waals surface area contributed by atoms with E-state index in [1.807, 2.05) is 36.4 Å². The van der Waals surface area contributed by atoms with Gasteiger partial charge in [-0.2, -0.15) is 10.6 Å². The summed E-state index contributed by atoms with van der Waals surface area (Å²) in [6, 6.07) is 11.6. The van der Waals surface area contributed by atoms with E-state index in [2.05, 4.69) is 0 Å². The normalized spacial score (nSPS) is 9.64. The third-order valence-electron chi connectivity index (χ3n) is 3.01. The molecule has 0 atom stereocenters. The molecular weight excluding hydrogens is 310 g/mol. The molecule has 0 aliphatic carbocycles. The van der Waals surface area contributed by atoms with E-state index < -0.39 is 0 Å². The van der Waals surface area contributed by atoms with E-state index in [1.165, 1.54) is 0 Å². The van der Waals surface area contributed by atoms with Gasteiger partial charge in [0.1, 0.15) is 11.5 Å². The van der Waals surface area contributed by atoms with E-state index in [-0.39, 0.29) is 29.6 Å². The van der Waals surface area contributed by atoms with Crippen LogP contribution in [0.3, 0.4) is 0 Å². The second-order valence-electron chi connectivity index (χ2n) is 4.14. The van der Waals surface area contributed by atoms with Crippen LogP contribution in [-0.4, -0.2) is 28.4 Å². The average Bonchev–Trinajstić information content (AvgIpc) is 2.54. The number of hydrogen-bond donors (Lipinski definition) is 0. The summed E-state index contributed by atoms with van der Waals surface area (Å²) in [4.78, 5) is 0. The van der Waals surface area contributed by atoms with E-state index in [0.717, 1.165) is 30.7 Å². The predicted octanol–water partition coefficient (Wildman–Crippen LogP) is -0.378. The molecule has 0 fully saturated rings. The topological polar surface area (TPSA) is 36.9 Å². The van der Waals surface area contributed by atoms with Crippen LogP contribution < -0.4 is 59.1 Å². The van der Waals surface area contributed by atoms with Crippen molar-refractivity contribution >= 4 is 19.2 Å². The van der Waals surface area contributed by atoms with Gasteiger partial charge >= 0.3 is 29.6 Å². The summed E-state index contributed by atoms with van der Waals surface area (Å²) in [7, 11) is 7.49. The molecule has 0 bridgehead atoms. The zero-order valence-corrected chi connectivity index (χ0v) is 16.4. The monoisotopic (exact) mass is 328 g/mol. The Kier molecular flexibility index (Phi) is 8.05. The third-order valence-corrected chi connectivity index (χ3v) is 4.19. The Hall–Kier alpha value is -0.930. The maximum absolute atomic E-state index is 5.47. The van der Waals surface area contributed by atoms with Crippen molar-refractivity contribution in [2.75, 3.05) is 28.4 Å². The molecule has 0 saturated carbocycles. The number of methoxy groups -OCH3 is 4. The fourth-order valence-electron chi connectivity index (χ4n) is 2.05. The Morgan fingerprint density at radius 2 is 1.05 bits per heavy atom. The first-order valence-electron chi connectivity index (χ1n) is 6.38. The average molecular weight is 328 g/mol. The van der Waals surface area contributed by atoms with Gasteiger partial charge in [0.15, 0.2) is 11.5 Å². The molecule has 0 aliphatic rings. The number of para-hydroxylation sites is 2. The first-order chi connectivity index (χ1) is 10.2. The van der Waals surface area contributed by atoms with Crippen molar-refractivity contribution in [1.29, 1.82) is 0 Å². The van der Waals surface area contributed by atoms with Crippen molar-refractivity contribution in [3.05, 3.63) is 36.4 Å². The van der Waals surface area contributed by atoms with Crippen molar-refractivity contribution < 1.29 is 48.5 Å². The molecule has 2 aromatic carbocycles. The van der Waals surface area contributed by atoms with Crippen LogP contribution in [0, 0.1) is 0 Å². The molecule has 4 nitrogen and oxygen atoms in total. The van der Waals surface area contributed by atoms with Gasteiger partial charge in [0.2, 0.25) is 0 Å². The van der Waals surface area contributed by atoms with Gasteiger partial charge in [-0.1, -0.05) is 24.3 Å². The van der Waals surface area contributed by atoms with Crippen LogP contribution in [0.25, 0.3) is 0 Å². The molecule has 0 aliphatic heterocycles. The first kappa shape index (κ1) is 19.1. The van der Waals surface area contributed by atoms with Crippen molar-refractivity contribution in [3.63, 3.8) is 0 Å². The summed E-state index contributed by atoms with van der Waals surface area (Å²) in [5.74, 6) is 2.88. The summed E-state index contributed by atoms with van der Waals surface area (Å²) in [5, 5.41) is 2.01. The molecule has 22 heavy (non-hydrogen) atoms. The maximum Gasteiger partial charge on any atom is 1.00 e. The van der Waals surface area contributed by atoms with Crippen molar-refractivity contribution in [3.8, 4) is 23.0 Å². The summed E-state index contributed by atoms with van der Waals surface area (Å²) >= 11 is 0. The summed E-state index contributed by atoms with van der Waals surface area (Å²) < 4.78 is 21.6. The van der Waals surface area contributed by atoms with Crippen molar-refractivity contribution in [1.82, 2.24) is 0 Å². The molecule has 0 amide bonds. The van der Waals surface area contributed by atoms with Crippen molar-refractivity contribution in [2.45, 2.75) is 0 Å². The van der Waals surface area contributed by atoms with E-state index in [1.54, 1.807) is 28.4 Å². The molecule has 0 saturated heterocycles. The summed E-state index contributed by atoms with van der Waals surface area (Å²) in [6.07, 6.45) is 0. The molecule has 112 valence electrons. The molecule has 0 N–H and O–H groups in total. The molecule has 0 unspecified atom stereocenters. The molecule has 0 radical (unpaired) electrons. The van der Waals surface area contributed by atoms with Crippen LogP contribution in [-0.2, 0) is 0 Å². The van der Waals surface area contributed by atoms with Crippen LogP contribution >= 0.6 is 8.58 Å². The van der Waals surface area contributed by atoms with Gasteiger partial charge in [0.25, 0.3) is 0 Å². The van der Waals surface area contributed by atoms with E-state index in [4.69, 9.17) is 18.9 Å². The minimum absolute atomic E-state index is 0. The van der Waals surface area contributed by atoms with Crippen LogP contribution in [0.1, 0.15) is 0 Å². The number of ether oxygens (including phenoxy) is 4. The van der Waals surface area contributed by atoms with Gasteiger partial charge in [-0.3, -0.25) is 0 Å². The predicted molar refractivity (Wildman–Crippen MR) is 85.3 cm³/mol. The first-order valence-corrected chi connectivity index (χ1v) is 7.28. The van der Waals surface area contributed by atoms with E-state index >= 15 is 0 Å². The Morgan fingerprint density at radius 3 is 1.36 bits per heavy atom. The van der Waals surface area contributed by atoms with Gasteiger partial charge in [0, 0.05) is 0 Å². The molecule has 2 aromatic rings. The van der Waals surface area contributed by atoms with Gasteiger partial charge in [0.05, 0.1) is 28.4 Å². The Bertz CT molecular complexity index is 566. The molecule has 0 spiro atoms. The van der Waals surface area contributed by atoms with Gasteiger partial charge in [-0.15, -0.1) is 0 Å². The zero-order valence-electron chi connectivity index (χ0n) is 13.5. The molecular formula is C16H18NaO4P. The Morgan fingerprint density at radius 1 is 0.636 bits per heavy atom. The van der Waals surface area contributed by atoms with Crippen LogP contribution in [0.15, 0.2) is 36.4 Å². The maximum atomic E-state index is 5.47. The van der Waals surface area contributed by atoms with Crippen molar-refractivity contribution in [2.24, 2.45) is 0 Å². The number of benzene rings is 2. The van der Waals surface area contributed by atoms with E-state index in [9.17, 15) is 0 Å². The fourth-order valence-corrected chi connectivity index (χ4v) is 3.23. The molecule has 0 heterocycles. The smallest absolute Gasteiger partial charge is 0.495 e. The fraction of sp³-hybridized carbons (Fsp3) is 0.250. The minimum atomic E-state index is 0. The standard InChI is InChI=1S/C16H18O4P.Na/c1-17-11-7-5-9-13(15(11)19-3)21-14-10-6-8-12(18-2)16(14)20-4;/h5-10H,1-4H3;/q-1;+1. The van der Waals surface area contributed by atoms with Gasteiger partial charge < -0.3 is 27.5 Å². The molecule has 6 heteroatoms. The van der Waals surface area contributed by atoms with Crippen LogP contribution in [0.4, 0.5) is 0 Å². The Labute approximate surface area is 155 Å². The quantitative estimate of drug-likeness (QED) is 0.535. The largest absolute Gasteiger partial charge is 1.00 e. The van der Waals surface area contributed by atoms with Crippen LogP contribution in [0.5, 0.6) is 23.0 Å². The number of rotatable bonds is 6. The second-order valence-corrected chi connectivity index (χ2v) is 5.32. The second kappa shape index (κ2) is 9.26. The molecule has 0 aromatic heterocycles.